The van der Waals surface area contributed by atoms with Crippen molar-refractivity contribution in [3.05, 3.63) is 36.1 Å². The van der Waals surface area contributed by atoms with E-state index in [1.165, 1.54) is 13.2 Å². The fourth-order valence-corrected chi connectivity index (χ4v) is 6.71. The minimum atomic E-state index is -0.515. The quantitative estimate of drug-likeness (QED) is 0.114. The third kappa shape index (κ3) is 13.4. The average molecular weight is 675 g/mol. The van der Waals surface area contributed by atoms with E-state index >= 15 is 0 Å². The van der Waals surface area contributed by atoms with Gasteiger partial charge in [0, 0.05) is 39.0 Å². The maximum Gasteiger partial charge on any atom is 0.407 e. The van der Waals surface area contributed by atoms with Crippen LogP contribution in [0.5, 0.6) is 0 Å². The van der Waals surface area contributed by atoms with Gasteiger partial charge in [0.05, 0.1) is 49.7 Å². The van der Waals surface area contributed by atoms with Crippen LogP contribution in [0, 0.1) is 0 Å². The maximum absolute atomic E-state index is 13.2. The highest BCUT2D eigenvalue weighted by molar-refractivity contribution is 5.82. The summed E-state index contributed by atoms with van der Waals surface area (Å²) < 4.78 is 40.7. The second-order valence-electron chi connectivity index (χ2n) is 13.0. The van der Waals surface area contributed by atoms with E-state index in [0.29, 0.717) is 38.0 Å². The molecule has 3 aliphatic heterocycles. The number of cyclic esters (lactones) is 1. The number of hydrogen-bond acceptors (Lipinski definition) is 11. The molecule has 12 nitrogen and oxygen atoms in total. The fourth-order valence-electron chi connectivity index (χ4n) is 6.71. The Hall–Kier alpha value is -3.22. The highest BCUT2D eigenvalue weighted by Crippen LogP contribution is 2.32. The second-order valence-corrected chi connectivity index (χ2v) is 13.0. The molecule has 7 atom stereocenters. The molecule has 1 aromatic rings. The van der Waals surface area contributed by atoms with E-state index in [0.717, 1.165) is 63.5 Å². The summed E-state index contributed by atoms with van der Waals surface area (Å²) in [6.45, 7) is 2.46. The van der Waals surface area contributed by atoms with Crippen molar-refractivity contribution >= 4 is 24.1 Å². The number of nitrogens with one attached hydrogen (secondary N) is 1. The molecule has 268 valence electrons. The van der Waals surface area contributed by atoms with Gasteiger partial charge in [-0.15, -0.1) is 0 Å². The largest absolute Gasteiger partial charge is 0.462 e. The van der Waals surface area contributed by atoms with E-state index in [-0.39, 0.29) is 49.5 Å². The lowest BCUT2D eigenvalue weighted by atomic mass is 9.91. The molecule has 0 spiro atoms. The minimum Gasteiger partial charge on any atom is -0.462 e. The number of esters is 2. The van der Waals surface area contributed by atoms with Crippen LogP contribution in [0.1, 0.15) is 108 Å². The summed E-state index contributed by atoms with van der Waals surface area (Å²) in [5.41, 5.74) is 0.740. The molecular formula is C36H54N2O10. The minimum absolute atomic E-state index is 0.0620. The zero-order chi connectivity index (χ0) is 34.1. The van der Waals surface area contributed by atoms with Crippen molar-refractivity contribution in [2.45, 2.75) is 146 Å². The van der Waals surface area contributed by atoms with Crippen LogP contribution in [0.15, 0.2) is 28.9 Å². The summed E-state index contributed by atoms with van der Waals surface area (Å²) in [6.07, 6.45) is 18.0. The average Bonchev–Trinajstić information content (AvgIpc) is 3.52. The topological polar surface area (TPSA) is 145 Å². The number of aryl methyl sites for hydroxylation is 1. The van der Waals surface area contributed by atoms with Gasteiger partial charge in [-0.1, -0.05) is 31.9 Å². The first kappa shape index (κ1) is 37.6. The SMILES string of the molecule is CCCCC[C@H]1C[C@@H]2CCCC(C[C@@H](OC)CC3C[C@@H](OC(=O)/C=C\CCc4coc(/C=C\CNC(=O)OC)n4)C[C@@H](CC(=O)O1)O3)O2. The number of hydrogen-bond donors (Lipinski definition) is 1. The maximum atomic E-state index is 13.2. The van der Waals surface area contributed by atoms with E-state index in [2.05, 4.69) is 22.0 Å². The van der Waals surface area contributed by atoms with Crippen molar-refractivity contribution in [2.75, 3.05) is 20.8 Å². The number of carbonyl (C=O) groups is 3. The van der Waals surface area contributed by atoms with E-state index in [1.54, 1.807) is 31.6 Å². The molecule has 0 radical (unpaired) electrons. The summed E-state index contributed by atoms with van der Waals surface area (Å²) in [6, 6.07) is 0. The van der Waals surface area contributed by atoms with Crippen LogP contribution in [0.25, 0.3) is 6.08 Å². The van der Waals surface area contributed by atoms with Crippen molar-refractivity contribution < 1.29 is 47.2 Å². The Morgan fingerprint density at radius 3 is 2.52 bits per heavy atom. The monoisotopic (exact) mass is 674 g/mol. The third-order valence-corrected chi connectivity index (χ3v) is 9.09. The normalized spacial score (nSPS) is 28.5. The molecule has 0 aromatic carbocycles. The fraction of sp³-hybridized carbons (Fsp3) is 0.722. The van der Waals surface area contributed by atoms with E-state index in [9.17, 15) is 14.4 Å². The summed E-state index contributed by atoms with van der Waals surface area (Å²) in [7, 11) is 3.02. The van der Waals surface area contributed by atoms with E-state index in [1.807, 2.05) is 0 Å². The van der Waals surface area contributed by atoms with Crippen LogP contribution in [-0.2, 0) is 44.4 Å². The van der Waals surface area contributed by atoms with Crippen LogP contribution in [0.4, 0.5) is 4.79 Å². The first-order valence-electron chi connectivity index (χ1n) is 17.7. The van der Waals surface area contributed by atoms with E-state index in [4.69, 9.17) is 28.1 Å². The molecule has 3 saturated heterocycles. The molecule has 3 fully saturated rings. The summed E-state index contributed by atoms with van der Waals surface area (Å²) >= 11 is 0. The standard InChI is InChI=1S/C36H54N2O10/c1-4-5-6-12-28-18-26-13-9-14-27(45-26)19-29(42-2)20-30-21-31(22-32(46-30)23-35(40)47-28)48-34(39)16-8-7-11-25-24-44-33(38-25)15-10-17-37-36(41)43-3/h8,10,15-16,24,26-32H,4-7,9,11-14,17-23H2,1-3H3,(H,37,41)/b15-10-,16-8-/t26-,27?,28-,29+,30?,31+,32-/m0/s1. The third-order valence-electron chi connectivity index (χ3n) is 9.09. The van der Waals surface area contributed by atoms with Gasteiger partial charge in [0.2, 0.25) is 5.89 Å². The molecule has 4 heterocycles. The Morgan fingerprint density at radius 2 is 1.73 bits per heavy atom. The molecule has 0 saturated carbocycles. The van der Waals surface area contributed by atoms with Crippen molar-refractivity contribution in [1.82, 2.24) is 10.3 Å². The first-order valence-corrected chi connectivity index (χ1v) is 17.7. The molecule has 2 unspecified atom stereocenters. The molecule has 1 N–H and O–H groups in total. The van der Waals surface area contributed by atoms with Crippen LogP contribution >= 0.6 is 0 Å². The molecule has 12 heteroatoms. The number of nitrogens with zero attached hydrogens (tertiary/aromatic N) is 1. The number of allylic oxidation sites excluding steroid dienone is 1. The van der Waals surface area contributed by atoms with Crippen molar-refractivity contribution in [3.63, 3.8) is 0 Å². The van der Waals surface area contributed by atoms with Gasteiger partial charge < -0.3 is 38.2 Å². The van der Waals surface area contributed by atoms with Crippen LogP contribution in [-0.4, -0.2) is 86.5 Å². The van der Waals surface area contributed by atoms with Crippen LogP contribution in [0.3, 0.4) is 0 Å². The lowest BCUT2D eigenvalue weighted by Gasteiger charge is -2.38. The Balaban J connectivity index is 1.31. The van der Waals surface area contributed by atoms with Crippen molar-refractivity contribution in [2.24, 2.45) is 0 Å². The lowest BCUT2D eigenvalue weighted by Crippen LogP contribution is -2.42. The summed E-state index contributed by atoms with van der Waals surface area (Å²) in [5.74, 6) is -0.286. The number of aromatic nitrogens is 1. The highest BCUT2D eigenvalue weighted by Gasteiger charge is 2.37. The number of oxazole rings is 1. The van der Waals surface area contributed by atoms with Gasteiger partial charge in [-0.05, 0) is 63.9 Å². The number of methoxy groups -OCH3 is 2. The number of amides is 1. The molecule has 4 bridgehead atoms. The van der Waals surface area contributed by atoms with Gasteiger partial charge in [-0.2, -0.15) is 0 Å². The Labute approximate surface area is 284 Å². The number of rotatable bonds is 13. The van der Waals surface area contributed by atoms with Gasteiger partial charge in [0.15, 0.2) is 0 Å². The summed E-state index contributed by atoms with van der Waals surface area (Å²) in [4.78, 5) is 41.5. The predicted octanol–water partition coefficient (Wildman–Crippen LogP) is 6.01. The van der Waals surface area contributed by atoms with Gasteiger partial charge in [0.1, 0.15) is 18.5 Å². The molecule has 4 rings (SSSR count). The lowest BCUT2D eigenvalue weighted by molar-refractivity contribution is -0.171. The molecule has 48 heavy (non-hydrogen) atoms. The number of carbonyl (C=O) groups excluding carboxylic acids is 3. The van der Waals surface area contributed by atoms with Gasteiger partial charge in [-0.3, -0.25) is 4.79 Å². The van der Waals surface area contributed by atoms with Crippen LogP contribution in [0.2, 0.25) is 0 Å². The molecule has 0 aliphatic carbocycles. The predicted molar refractivity (Wildman–Crippen MR) is 177 cm³/mol. The zero-order valence-corrected chi connectivity index (χ0v) is 28.8. The van der Waals surface area contributed by atoms with Gasteiger partial charge in [-0.25, -0.2) is 14.6 Å². The number of ether oxygens (including phenoxy) is 6. The highest BCUT2D eigenvalue weighted by atomic mass is 16.6. The summed E-state index contributed by atoms with van der Waals surface area (Å²) in [5, 5.41) is 2.54. The number of unbranched alkanes of at least 4 members (excludes halogenated alkanes) is 2. The van der Waals surface area contributed by atoms with E-state index < -0.39 is 24.3 Å². The van der Waals surface area contributed by atoms with Crippen molar-refractivity contribution in [3.8, 4) is 0 Å². The molecular weight excluding hydrogens is 620 g/mol. The van der Waals surface area contributed by atoms with Gasteiger partial charge in [0.25, 0.3) is 0 Å². The second kappa shape index (κ2) is 20.3. The molecule has 1 aromatic heterocycles. The Morgan fingerprint density at radius 1 is 0.979 bits per heavy atom. The van der Waals surface area contributed by atoms with Crippen molar-refractivity contribution in [1.29, 1.82) is 0 Å². The number of alkyl carbamates (subject to hydrolysis) is 1. The first-order chi connectivity index (χ1) is 23.3. The Bertz CT molecular complexity index is 1200. The zero-order valence-electron chi connectivity index (χ0n) is 28.8. The number of fused-ring (bicyclic) bond motifs is 4. The van der Waals surface area contributed by atoms with Gasteiger partial charge >= 0.3 is 18.0 Å². The smallest absolute Gasteiger partial charge is 0.407 e. The molecule has 1 amide bonds. The Kier molecular flexibility index (Phi) is 15.9. The van der Waals surface area contributed by atoms with Crippen LogP contribution < -0.4 is 5.32 Å². The molecule has 3 aliphatic rings.